The summed E-state index contributed by atoms with van der Waals surface area (Å²) in [7, 11) is 0. The van der Waals surface area contributed by atoms with E-state index in [1.807, 2.05) is 22.6 Å². The molecule has 26 heavy (non-hydrogen) atoms. The SMILES string of the molecule is FC(F)c1cc(Oc2nn(C3CCOCC3)c3c2CNCC3)ccc1I. The van der Waals surface area contributed by atoms with Gasteiger partial charge in [0.15, 0.2) is 0 Å². The second kappa shape index (κ2) is 7.77. The number of hydrogen-bond donors (Lipinski definition) is 1. The van der Waals surface area contributed by atoms with Crippen LogP contribution in [0.3, 0.4) is 0 Å². The van der Waals surface area contributed by atoms with Crippen molar-refractivity contribution in [2.24, 2.45) is 0 Å². The molecule has 0 aliphatic carbocycles. The van der Waals surface area contributed by atoms with Gasteiger partial charge >= 0.3 is 0 Å². The Morgan fingerprint density at radius 1 is 1.31 bits per heavy atom. The van der Waals surface area contributed by atoms with Crippen LogP contribution in [0, 0.1) is 3.57 Å². The fourth-order valence-electron chi connectivity index (χ4n) is 3.52. The molecule has 8 heteroatoms. The molecule has 1 N–H and O–H groups in total. The Hall–Kier alpha value is -1.26. The molecule has 5 nitrogen and oxygen atoms in total. The van der Waals surface area contributed by atoms with Gasteiger partial charge < -0.3 is 14.8 Å². The van der Waals surface area contributed by atoms with Gasteiger partial charge in [-0.3, -0.25) is 4.68 Å². The molecule has 0 amide bonds. The first-order valence-electron chi connectivity index (χ1n) is 8.77. The number of rotatable bonds is 4. The molecule has 0 bridgehead atoms. The maximum Gasteiger partial charge on any atom is 0.265 e. The fourth-order valence-corrected chi connectivity index (χ4v) is 4.09. The standard InChI is InChI=1S/C18H20F2IN3O2/c19-17(20)13-9-12(1-2-15(13)21)26-18-14-10-22-6-3-16(14)24(23-18)11-4-7-25-8-5-11/h1-2,9,11,17,22H,3-8,10H2. The summed E-state index contributed by atoms with van der Waals surface area (Å²) in [5, 5.41) is 8.06. The van der Waals surface area contributed by atoms with E-state index in [4.69, 9.17) is 14.6 Å². The van der Waals surface area contributed by atoms with E-state index in [2.05, 4.69) is 10.00 Å². The van der Waals surface area contributed by atoms with Crippen LogP contribution in [-0.2, 0) is 17.7 Å². The highest BCUT2D eigenvalue weighted by molar-refractivity contribution is 14.1. The van der Waals surface area contributed by atoms with Crippen LogP contribution in [0.4, 0.5) is 8.78 Å². The quantitative estimate of drug-likeness (QED) is 0.674. The third kappa shape index (κ3) is 3.59. The summed E-state index contributed by atoms with van der Waals surface area (Å²) in [6.45, 7) is 3.06. The lowest BCUT2D eigenvalue weighted by Crippen LogP contribution is -2.27. The Morgan fingerprint density at radius 3 is 2.88 bits per heavy atom. The first-order valence-corrected chi connectivity index (χ1v) is 9.85. The van der Waals surface area contributed by atoms with Gasteiger partial charge in [0.05, 0.1) is 11.6 Å². The summed E-state index contributed by atoms with van der Waals surface area (Å²) < 4.78 is 40.3. The smallest absolute Gasteiger partial charge is 0.265 e. The average molecular weight is 475 g/mol. The molecular weight excluding hydrogens is 455 g/mol. The van der Waals surface area contributed by atoms with Crippen molar-refractivity contribution in [1.82, 2.24) is 15.1 Å². The van der Waals surface area contributed by atoms with Gasteiger partial charge in [-0.05, 0) is 53.6 Å². The molecule has 1 saturated heterocycles. The molecule has 0 unspecified atom stereocenters. The van der Waals surface area contributed by atoms with Crippen molar-refractivity contribution in [2.75, 3.05) is 19.8 Å². The maximum atomic E-state index is 13.2. The minimum atomic E-state index is -2.53. The molecule has 0 radical (unpaired) electrons. The molecule has 4 rings (SSSR count). The number of benzene rings is 1. The summed E-state index contributed by atoms with van der Waals surface area (Å²) in [4.78, 5) is 0. The zero-order valence-electron chi connectivity index (χ0n) is 14.2. The Labute approximate surface area is 164 Å². The van der Waals surface area contributed by atoms with Crippen molar-refractivity contribution < 1.29 is 18.3 Å². The minimum Gasteiger partial charge on any atom is -0.437 e. The lowest BCUT2D eigenvalue weighted by atomic mass is 10.1. The van der Waals surface area contributed by atoms with Gasteiger partial charge in [-0.2, -0.15) is 0 Å². The van der Waals surface area contributed by atoms with E-state index in [1.54, 1.807) is 12.1 Å². The van der Waals surface area contributed by atoms with Crippen LogP contribution in [0.1, 0.15) is 42.1 Å². The minimum absolute atomic E-state index is 0.0149. The molecule has 1 aromatic carbocycles. The Morgan fingerprint density at radius 2 is 2.12 bits per heavy atom. The summed E-state index contributed by atoms with van der Waals surface area (Å²) in [5.41, 5.74) is 2.20. The second-order valence-corrected chi connectivity index (χ2v) is 7.69. The molecule has 140 valence electrons. The van der Waals surface area contributed by atoms with Crippen LogP contribution in [-0.4, -0.2) is 29.5 Å². The number of halogens is 3. The maximum absolute atomic E-state index is 13.2. The predicted octanol–water partition coefficient (Wildman–Crippen LogP) is 4.21. The highest BCUT2D eigenvalue weighted by atomic mass is 127. The van der Waals surface area contributed by atoms with Crippen molar-refractivity contribution in [1.29, 1.82) is 0 Å². The van der Waals surface area contributed by atoms with Crippen molar-refractivity contribution in [3.05, 3.63) is 38.6 Å². The van der Waals surface area contributed by atoms with Gasteiger partial charge in [-0.15, -0.1) is 5.10 Å². The van der Waals surface area contributed by atoms with Crippen LogP contribution in [0.25, 0.3) is 0 Å². The van der Waals surface area contributed by atoms with E-state index in [-0.39, 0.29) is 5.56 Å². The molecule has 0 saturated carbocycles. The van der Waals surface area contributed by atoms with Gasteiger partial charge in [0.25, 0.3) is 6.43 Å². The third-order valence-corrected chi connectivity index (χ3v) is 5.86. The van der Waals surface area contributed by atoms with Crippen LogP contribution >= 0.6 is 22.6 Å². The first-order chi connectivity index (χ1) is 12.6. The highest BCUT2D eigenvalue weighted by Crippen LogP contribution is 2.35. The molecule has 2 aromatic rings. The molecule has 0 atom stereocenters. The number of fused-ring (bicyclic) bond motifs is 1. The van der Waals surface area contributed by atoms with E-state index in [0.29, 0.717) is 27.8 Å². The molecule has 2 aliphatic rings. The van der Waals surface area contributed by atoms with Gasteiger partial charge in [0.2, 0.25) is 5.88 Å². The van der Waals surface area contributed by atoms with Crippen LogP contribution in [0.2, 0.25) is 0 Å². The second-order valence-electron chi connectivity index (χ2n) is 6.53. The Bertz CT molecular complexity index is 791. The molecule has 1 aromatic heterocycles. The van der Waals surface area contributed by atoms with Gasteiger partial charge in [-0.25, -0.2) is 8.78 Å². The van der Waals surface area contributed by atoms with Crippen LogP contribution in [0.15, 0.2) is 18.2 Å². The van der Waals surface area contributed by atoms with Crippen molar-refractivity contribution in [2.45, 2.75) is 38.3 Å². The highest BCUT2D eigenvalue weighted by Gasteiger charge is 2.27. The number of nitrogens with zero attached hydrogens (tertiary/aromatic N) is 2. The summed E-state index contributed by atoms with van der Waals surface area (Å²) >= 11 is 1.91. The van der Waals surface area contributed by atoms with E-state index in [9.17, 15) is 8.78 Å². The van der Waals surface area contributed by atoms with Crippen LogP contribution < -0.4 is 10.1 Å². The topological polar surface area (TPSA) is 48.3 Å². The predicted molar refractivity (Wildman–Crippen MR) is 101 cm³/mol. The van der Waals surface area contributed by atoms with Gasteiger partial charge in [-0.1, -0.05) is 0 Å². The number of alkyl halides is 2. The van der Waals surface area contributed by atoms with E-state index < -0.39 is 6.43 Å². The van der Waals surface area contributed by atoms with Gasteiger partial charge in [0.1, 0.15) is 5.75 Å². The van der Waals surface area contributed by atoms with E-state index in [1.165, 1.54) is 11.8 Å². The van der Waals surface area contributed by atoms with Crippen molar-refractivity contribution in [3.8, 4) is 11.6 Å². The zero-order chi connectivity index (χ0) is 18.1. The zero-order valence-corrected chi connectivity index (χ0v) is 16.3. The van der Waals surface area contributed by atoms with Crippen molar-refractivity contribution in [3.63, 3.8) is 0 Å². The molecule has 3 heterocycles. The van der Waals surface area contributed by atoms with E-state index in [0.717, 1.165) is 44.6 Å². The number of ether oxygens (including phenoxy) is 2. The number of aromatic nitrogens is 2. The third-order valence-electron chi connectivity index (χ3n) is 4.88. The lowest BCUT2D eigenvalue weighted by molar-refractivity contribution is 0.0651. The molecular formula is C18H20F2IN3O2. The molecule has 1 fully saturated rings. The number of nitrogens with one attached hydrogen (secondary N) is 1. The van der Waals surface area contributed by atoms with E-state index >= 15 is 0 Å². The normalized spacial score (nSPS) is 18.2. The largest absolute Gasteiger partial charge is 0.437 e. The first kappa shape index (κ1) is 18.1. The van der Waals surface area contributed by atoms with Gasteiger partial charge in [0, 0.05) is 47.6 Å². The van der Waals surface area contributed by atoms with Crippen LogP contribution in [0.5, 0.6) is 11.6 Å². The lowest BCUT2D eigenvalue weighted by Gasteiger charge is -2.25. The fraction of sp³-hybridized carbons (Fsp3) is 0.500. The Balaban J connectivity index is 1.66. The number of hydrogen-bond acceptors (Lipinski definition) is 4. The summed E-state index contributed by atoms with van der Waals surface area (Å²) in [6.07, 6.45) is 0.221. The Kier molecular flexibility index (Phi) is 5.42. The monoisotopic (exact) mass is 475 g/mol. The molecule has 2 aliphatic heterocycles. The summed E-state index contributed by atoms with van der Waals surface area (Å²) in [5.74, 6) is 0.908. The van der Waals surface area contributed by atoms with Crippen molar-refractivity contribution >= 4 is 22.6 Å². The average Bonchev–Trinajstić information content (AvgIpc) is 3.02. The summed E-state index contributed by atoms with van der Waals surface area (Å²) in [6, 6.07) is 5.07. The molecule has 0 spiro atoms.